The molecule has 0 spiro atoms. The number of nitrogens with one attached hydrogen (secondary N) is 1. The van der Waals surface area contributed by atoms with E-state index in [1.54, 1.807) is 0 Å². The summed E-state index contributed by atoms with van der Waals surface area (Å²) in [6.45, 7) is 6.65. The highest BCUT2D eigenvalue weighted by Crippen LogP contribution is 2.41. The van der Waals surface area contributed by atoms with Gasteiger partial charge >= 0.3 is 0 Å². The van der Waals surface area contributed by atoms with Gasteiger partial charge in [-0.2, -0.15) is 0 Å². The van der Waals surface area contributed by atoms with Crippen LogP contribution in [0.1, 0.15) is 43.9 Å². The minimum Gasteiger partial charge on any atom is -0.395 e. The Morgan fingerprint density at radius 2 is 1.83 bits per heavy atom. The summed E-state index contributed by atoms with van der Waals surface area (Å²) in [6, 6.07) is 9.40. The average molecular weight is 247 g/mol. The van der Waals surface area contributed by atoms with Gasteiger partial charge in [0.1, 0.15) is 0 Å². The Morgan fingerprint density at radius 3 is 2.28 bits per heavy atom. The molecule has 2 atom stereocenters. The third-order valence-corrected chi connectivity index (χ3v) is 3.92. The van der Waals surface area contributed by atoms with Crippen LogP contribution in [0.3, 0.4) is 0 Å². The summed E-state index contributed by atoms with van der Waals surface area (Å²) >= 11 is 0. The van der Waals surface area contributed by atoms with Crippen molar-refractivity contribution in [3.8, 4) is 0 Å². The van der Waals surface area contributed by atoms with Gasteiger partial charge in [0.05, 0.1) is 6.61 Å². The maximum absolute atomic E-state index is 9.48. The average Bonchev–Trinajstić information content (AvgIpc) is 3.16. The van der Waals surface area contributed by atoms with Crippen molar-refractivity contribution in [1.82, 2.24) is 5.32 Å². The molecule has 2 rings (SSSR count). The van der Waals surface area contributed by atoms with Crippen molar-refractivity contribution >= 4 is 0 Å². The quantitative estimate of drug-likeness (QED) is 0.810. The maximum Gasteiger partial charge on any atom is 0.0587 e. The minimum absolute atomic E-state index is 0.192. The molecule has 1 fully saturated rings. The highest BCUT2D eigenvalue weighted by atomic mass is 16.3. The number of aliphatic hydroxyl groups excluding tert-OH is 1. The SMILES string of the molecule is Cc1ccc(C(N[C@H](CO)C(C)C)C2CC2)cc1. The van der Waals surface area contributed by atoms with Crippen molar-refractivity contribution in [3.63, 3.8) is 0 Å². The lowest BCUT2D eigenvalue weighted by molar-refractivity contribution is 0.194. The molecule has 1 aliphatic carbocycles. The zero-order valence-corrected chi connectivity index (χ0v) is 11.7. The van der Waals surface area contributed by atoms with Crippen LogP contribution in [0, 0.1) is 18.8 Å². The molecule has 100 valence electrons. The summed E-state index contributed by atoms with van der Waals surface area (Å²) in [5.41, 5.74) is 2.66. The molecule has 1 aromatic carbocycles. The molecule has 0 heterocycles. The molecule has 2 N–H and O–H groups in total. The third-order valence-electron chi connectivity index (χ3n) is 3.92. The van der Waals surface area contributed by atoms with E-state index in [0.29, 0.717) is 12.0 Å². The summed E-state index contributed by atoms with van der Waals surface area (Å²) in [6.07, 6.45) is 2.61. The van der Waals surface area contributed by atoms with E-state index in [1.807, 2.05) is 0 Å². The topological polar surface area (TPSA) is 32.3 Å². The van der Waals surface area contributed by atoms with Crippen LogP contribution in [0.5, 0.6) is 0 Å². The fraction of sp³-hybridized carbons (Fsp3) is 0.625. The molecular weight excluding hydrogens is 222 g/mol. The molecule has 2 nitrogen and oxygen atoms in total. The van der Waals surface area contributed by atoms with Crippen molar-refractivity contribution in [2.45, 2.75) is 45.7 Å². The Morgan fingerprint density at radius 1 is 1.22 bits per heavy atom. The predicted molar refractivity (Wildman–Crippen MR) is 75.5 cm³/mol. The van der Waals surface area contributed by atoms with E-state index >= 15 is 0 Å². The molecule has 18 heavy (non-hydrogen) atoms. The first-order chi connectivity index (χ1) is 8.61. The third kappa shape index (κ3) is 3.33. The summed E-state index contributed by atoms with van der Waals surface area (Å²) in [5, 5.41) is 13.1. The lowest BCUT2D eigenvalue weighted by Gasteiger charge is -2.27. The molecule has 1 saturated carbocycles. The normalized spacial score (nSPS) is 18.9. The molecule has 0 aromatic heterocycles. The van der Waals surface area contributed by atoms with E-state index in [0.717, 1.165) is 5.92 Å². The smallest absolute Gasteiger partial charge is 0.0587 e. The molecular formula is C16H25NO. The highest BCUT2D eigenvalue weighted by molar-refractivity contribution is 5.25. The number of benzene rings is 1. The van der Waals surface area contributed by atoms with E-state index < -0.39 is 0 Å². The first-order valence-electron chi connectivity index (χ1n) is 7.05. The lowest BCUT2D eigenvalue weighted by Crippen LogP contribution is -2.40. The van der Waals surface area contributed by atoms with E-state index in [2.05, 4.69) is 50.4 Å². The largest absolute Gasteiger partial charge is 0.395 e. The van der Waals surface area contributed by atoms with Crippen LogP contribution >= 0.6 is 0 Å². The van der Waals surface area contributed by atoms with Crippen molar-refractivity contribution in [1.29, 1.82) is 0 Å². The van der Waals surface area contributed by atoms with Crippen molar-refractivity contribution in [2.75, 3.05) is 6.61 Å². The Hall–Kier alpha value is -0.860. The van der Waals surface area contributed by atoms with Gasteiger partial charge in [-0.25, -0.2) is 0 Å². The van der Waals surface area contributed by atoms with Gasteiger partial charge in [0.2, 0.25) is 0 Å². The van der Waals surface area contributed by atoms with E-state index in [4.69, 9.17) is 0 Å². The van der Waals surface area contributed by atoms with Gasteiger partial charge in [0.25, 0.3) is 0 Å². The van der Waals surface area contributed by atoms with Gasteiger partial charge < -0.3 is 10.4 Å². The lowest BCUT2D eigenvalue weighted by atomic mass is 9.97. The number of aryl methyl sites for hydroxylation is 1. The molecule has 1 aliphatic rings. The van der Waals surface area contributed by atoms with Gasteiger partial charge in [-0.05, 0) is 37.2 Å². The van der Waals surface area contributed by atoms with E-state index in [-0.39, 0.29) is 12.6 Å². The second kappa shape index (κ2) is 5.85. The maximum atomic E-state index is 9.48. The second-order valence-electron chi connectivity index (χ2n) is 5.93. The van der Waals surface area contributed by atoms with Gasteiger partial charge in [0.15, 0.2) is 0 Å². The molecule has 0 amide bonds. The predicted octanol–water partition coefficient (Wildman–Crippen LogP) is 3.05. The van der Waals surface area contributed by atoms with Gasteiger partial charge in [-0.3, -0.25) is 0 Å². The van der Waals surface area contributed by atoms with Crippen LogP contribution in [0.15, 0.2) is 24.3 Å². The monoisotopic (exact) mass is 247 g/mol. The van der Waals surface area contributed by atoms with E-state index in [9.17, 15) is 5.11 Å². The molecule has 1 aromatic rings. The van der Waals surface area contributed by atoms with Crippen LogP contribution < -0.4 is 5.32 Å². The van der Waals surface area contributed by atoms with Crippen LogP contribution in [0.4, 0.5) is 0 Å². The summed E-state index contributed by atoms with van der Waals surface area (Å²) in [7, 11) is 0. The second-order valence-corrected chi connectivity index (χ2v) is 5.93. The van der Waals surface area contributed by atoms with Crippen LogP contribution in [0.25, 0.3) is 0 Å². The number of aliphatic hydroxyl groups is 1. The van der Waals surface area contributed by atoms with Gasteiger partial charge in [0, 0.05) is 12.1 Å². The standard InChI is InChI=1S/C16H25NO/c1-11(2)15(10-18)17-16(14-8-9-14)13-6-4-12(3)5-7-13/h4-7,11,14-18H,8-10H2,1-3H3/t15-,16?/m1/s1. The highest BCUT2D eigenvalue weighted by Gasteiger charge is 2.33. The molecule has 0 saturated heterocycles. The zero-order chi connectivity index (χ0) is 13.1. The van der Waals surface area contributed by atoms with E-state index in [1.165, 1.54) is 24.0 Å². The molecule has 2 heteroatoms. The van der Waals surface area contributed by atoms with Gasteiger partial charge in [-0.1, -0.05) is 43.7 Å². The Labute approximate surface area is 110 Å². The zero-order valence-electron chi connectivity index (χ0n) is 11.7. The number of rotatable bonds is 6. The Kier molecular flexibility index (Phi) is 4.41. The number of hydrogen-bond donors (Lipinski definition) is 2. The molecule has 0 radical (unpaired) electrons. The summed E-state index contributed by atoms with van der Waals surface area (Å²) in [5.74, 6) is 1.21. The van der Waals surface area contributed by atoms with Crippen LogP contribution in [-0.2, 0) is 0 Å². The first-order valence-corrected chi connectivity index (χ1v) is 7.05. The Balaban J connectivity index is 2.10. The molecule has 0 bridgehead atoms. The van der Waals surface area contributed by atoms with Gasteiger partial charge in [-0.15, -0.1) is 0 Å². The fourth-order valence-electron chi connectivity index (χ4n) is 2.39. The van der Waals surface area contributed by atoms with Crippen LogP contribution in [0.2, 0.25) is 0 Å². The minimum atomic E-state index is 0.192. The molecule has 1 unspecified atom stereocenters. The Bertz CT molecular complexity index is 367. The first kappa shape index (κ1) is 13.6. The van der Waals surface area contributed by atoms with Crippen molar-refractivity contribution in [2.24, 2.45) is 11.8 Å². The van der Waals surface area contributed by atoms with Crippen LogP contribution in [-0.4, -0.2) is 17.8 Å². The van der Waals surface area contributed by atoms with Crippen molar-refractivity contribution in [3.05, 3.63) is 35.4 Å². The molecule has 0 aliphatic heterocycles. The summed E-state index contributed by atoms with van der Waals surface area (Å²) < 4.78 is 0. The fourth-order valence-corrected chi connectivity index (χ4v) is 2.39. The van der Waals surface area contributed by atoms with Crippen molar-refractivity contribution < 1.29 is 5.11 Å². The summed E-state index contributed by atoms with van der Waals surface area (Å²) in [4.78, 5) is 0. The number of hydrogen-bond acceptors (Lipinski definition) is 2.